The van der Waals surface area contributed by atoms with Crippen LogP contribution in [-0.4, -0.2) is 64.4 Å². The summed E-state index contributed by atoms with van der Waals surface area (Å²) in [5.41, 5.74) is 0. The number of rotatable bonds is 10. The summed E-state index contributed by atoms with van der Waals surface area (Å²) in [6.45, 7) is 0.329. The van der Waals surface area contributed by atoms with Crippen molar-refractivity contribution in [1.82, 2.24) is 21.0 Å². The van der Waals surface area contributed by atoms with Gasteiger partial charge in [0.25, 0.3) is 11.8 Å². The summed E-state index contributed by atoms with van der Waals surface area (Å²) in [6.07, 6.45) is 3.56. The minimum Gasteiger partial charge on any atom is -0.356 e. The number of imide groups is 1. The average Bonchev–Trinajstić information content (AvgIpc) is 3.32. The summed E-state index contributed by atoms with van der Waals surface area (Å²) in [5, 5.41) is 9.54. The van der Waals surface area contributed by atoms with Crippen molar-refractivity contribution < 1.29 is 28.8 Å². The van der Waals surface area contributed by atoms with Crippen molar-refractivity contribution in [2.24, 2.45) is 0 Å². The molecule has 0 aliphatic carbocycles. The first-order valence-corrected chi connectivity index (χ1v) is 11.0. The Bertz CT molecular complexity index is 671. The molecule has 0 radical (unpaired) electrons. The Hall–Kier alpha value is -2.30. The number of thioether (sulfide) groups is 1. The first kappa shape index (κ1) is 21.4. The summed E-state index contributed by atoms with van der Waals surface area (Å²) in [6, 6.07) is 0.314. The summed E-state index contributed by atoms with van der Waals surface area (Å²) in [5.74, 6) is -0.818. The number of nitrogens with zero attached hydrogens (tertiary/aromatic N) is 1. The number of hydrogen-bond acceptors (Lipinski definition) is 7. The molecule has 5 amide bonds. The van der Waals surface area contributed by atoms with E-state index in [0.29, 0.717) is 29.7 Å². The molecule has 0 spiro atoms. The van der Waals surface area contributed by atoms with Crippen LogP contribution in [0.4, 0.5) is 4.79 Å². The monoisotopic (exact) mass is 426 g/mol. The van der Waals surface area contributed by atoms with Crippen molar-refractivity contribution >= 4 is 41.5 Å². The Balaban J connectivity index is 1.20. The van der Waals surface area contributed by atoms with E-state index in [9.17, 15) is 24.0 Å². The lowest BCUT2D eigenvalue weighted by molar-refractivity contribution is -0.197. The highest BCUT2D eigenvalue weighted by molar-refractivity contribution is 8.00. The number of amides is 5. The molecule has 0 aromatic carbocycles. The number of urea groups is 1. The van der Waals surface area contributed by atoms with E-state index in [-0.39, 0.29) is 43.3 Å². The second kappa shape index (κ2) is 9.95. The minimum atomic E-state index is -0.663. The van der Waals surface area contributed by atoms with Crippen LogP contribution in [0.1, 0.15) is 51.4 Å². The molecule has 3 unspecified atom stereocenters. The lowest BCUT2D eigenvalue weighted by Crippen LogP contribution is -2.36. The highest BCUT2D eigenvalue weighted by Gasteiger charge is 2.42. The average molecular weight is 426 g/mol. The first-order valence-electron chi connectivity index (χ1n) is 9.96. The zero-order valence-electron chi connectivity index (χ0n) is 16.1. The van der Waals surface area contributed by atoms with Gasteiger partial charge in [-0.15, -0.1) is 5.06 Å². The van der Waals surface area contributed by atoms with E-state index < -0.39 is 17.8 Å². The second-order valence-corrected chi connectivity index (χ2v) is 8.64. The van der Waals surface area contributed by atoms with E-state index in [1.54, 1.807) is 0 Å². The molecule has 3 heterocycles. The van der Waals surface area contributed by atoms with E-state index >= 15 is 0 Å². The van der Waals surface area contributed by atoms with Gasteiger partial charge in [-0.05, 0) is 19.3 Å². The molecule has 3 rings (SSSR count). The molecule has 3 fully saturated rings. The summed E-state index contributed by atoms with van der Waals surface area (Å²) < 4.78 is 0. The van der Waals surface area contributed by atoms with Gasteiger partial charge in [0.1, 0.15) is 0 Å². The molecule has 29 heavy (non-hydrogen) atoms. The summed E-state index contributed by atoms with van der Waals surface area (Å²) in [4.78, 5) is 62.4. The standard InChI is InChI=1S/C18H26N4O6S/c23-13(5-2-1-4-12-17-11(10-29-12)20-18(27)21-17)19-9-3-6-16(26)28-22-14(24)7-8-15(22)25/h11-12,17H,1-10H2,(H,19,23)(H2,20,21,27). The molecule has 160 valence electrons. The molecule has 0 bridgehead atoms. The molecule has 0 saturated carbocycles. The number of hydrogen-bond donors (Lipinski definition) is 3. The second-order valence-electron chi connectivity index (χ2n) is 7.37. The summed E-state index contributed by atoms with van der Waals surface area (Å²) in [7, 11) is 0. The predicted molar refractivity (Wildman–Crippen MR) is 103 cm³/mol. The first-order chi connectivity index (χ1) is 13.9. The van der Waals surface area contributed by atoms with Crippen molar-refractivity contribution in [2.75, 3.05) is 12.3 Å². The molecule has 0 aromatic rings. The number of fused-ring (bicyclic) bond motifs is 1. The largest absolute Gasteiger partial charge is 0.356 e. The van der Waals surface area contributed by atoms with Gasteiger partial charge in [-0.2, -0.15) is 11.8 Å². The van der Waals surface area contributed by atoms with Crippen LogP contribution < -0.4 is 16.0 Å². The predicted octanol–water partition coefficient (Wildman–Crippen LogP) is 0.216. The van der Waals surface area contributed by atoms with Gasteiger partial charge in [-0.1, -0.05) is 6.42 Å². The zero-order chi connectivity index (χ0) is 20.8. The maximum atomic E-state index is 11.9. The van der Waals surface area contributed by atoms with Gasteiger partial charge in [0.05, 0.1) is 12.1 Å². The van der Waals surface area contributed by atoms with Crippen LogP contribution in [-0.2, 0) is 24.0 Å². The molecule has 0 aromatic heterocycles. The Morgan fingerprint density at radius 2 is 1.83 bits per heavy atom. The van der Waals surface area contributed by atoms with E-state index in [4.69, 9.17) is 4.84 Å². The molecule has 11 heteroatoms. The number of nitrogens with one attached hydrogen (secondary N) is 3. The van der Waals surface area contributed by atoms with Crippen LogP contribution in [0.5, 0.6) is 0 Å². The smallest absolute Gasteiger partial charge is 0.333 e. The fourth-order valence-electron chi connectivity index (χ4n) is 3.63. The number of carbonyl (C=O) groups excluding carboxylic acids is 5. The van der Waals surface area contributed by atoms with Crippen LogP contribution in [0.3, 0.4) is 0 Å². The Kier molecular flexibility index (Phi) is 7.34. The third-order valence-electron chi connectivity index (χ3n) is 5.16. The number of hydroxylamine groups is 2. The quantitative estimate of drug-likeness (QED) is 0.258. The van der Waals surface area contributed by atoms with Gasteiger partial charge in [-0.25, -0.2) is 9.59 Å². The maximum Gasteiger partial charge on any atom is 0.333 e. The highest BCUT2D eigenvalue weighted by Crippen LogP contribution is 2.33. The normalized spacial score (nSPS) is 25.6. The third kappa shape index (κ3) is 5.84. The third-order valence-corrected chi connectivity index (χ3v) is 6.67. The fourth-order valence-corrected chi connectivity index (χ4v) is 5.17. The number of carbonyl (C=O) groups is 5. The van der Waals surface area contributed by atoms with E-state index in [1.165, 1.54) is 0 Å². The van der Waals surface area contributed by atoms with Gasteiger partial charge in [0, 0.05) is 43.2 Å². The van der Waals surface area contributed by atoms with Gasteiger partial charge in [0.2, 0.25) is 5.91 Å². The molecule has 3 atom stereocenters. The van der Waals surface area contributed by atoms with E-state index in [1.807, 2.05) is 11.8 Å². The fraction of sp³-hybridized carbons (Fsp3) is 0.722. The maximum absolute atomic E-state index is 11.9. The van der Waals surface area contributed by atoms with E-state index in [2.05, 4.69) is 16.0 Å². The van der Waals surface area contributed by atoms with Crippen LogP contribution >= 0.6 is 11.8 Å². The van der Waals surface area contributed by atoms with Crippen molar-refractivity contribution in [1.29, 1.82) is 0 Å². The van der Waals surface area contributed by atoms with Crippen LogP contribution in [0.15, 0.2) is 0 Å². The molecule has 3 aliphatic heterocycles. The van der Waals surface area contributed by atoms with Crippen molar-refractivity contribution in [3.8, 4) is 0 Å². The van der Waals surface area contributed by atoms with Crippen molar-refractivity contribution in [3.05, 3.63) is 0 Å². The lowest BCUT2D eigenvalue weighted by atomic mass is 10.0. The molecule has 3 saturated heterocycles. The minimum absolute atomic E-state index is 0.0125. The van der Waals surface area contributed by atoms with Crippen LogP contribution in [0, 0.1) is 0 Å². The van der Waals surface area contributed by atoms with E-state index in [0.717, 1.165) is 25.0 Å². The van der Waals surface area contributed by atoms with Gasteiger partial charge in [0.15, 0.2) is 0 Å². The van der Waals surface area contributed by atoms with Crippen LogP contribution in [0.25, 0.3) is 0 Å². The van der Waals surface area contributed by atoms with Gasteiger partial charge in [-0.3, -0.25) is 14.4 Å². The topological polar surface area (TPSA) is 134 Å². The molecular weight excluding hydrogens is 400 g/mol. The Morgan fingerprint density at radius 1 is 1.07 bits per heavy atom. The SMILES string of the molecule is O=C(CCCCC1SCC2NC(=O)NC21)NCCCC(=O)ON1C(=O)CCC1=O. The van der Waals surface area contributed by atoms with Crippen LogP contribution in [0.2, 0.25) is 0 Å². The molecule has 3 aliphatic rings. The molecule has 3 N–H and O–H groups in total. The zero-order valence-corrected chi connectivity index (χ0v) is 16.9. The summed E-state index contributed by atoms with van der Waals surface area (Å²) >= 11 is 1.86. The Morgan fingerprint density at radius 3 is 2.59 bits per heavy atom. The Labute approximate surface area is 172 Å². The molecule has 10 nitrogen and oxygen atoms in total. The van der Waals surface area contributed by atoms with Crippen molar-refractivity contribution in [3.63, 3.8) is 0 Å². The highest BCUT2D eigenvalue weighted by atomic mass is 32.2. The van der Waals surface area contributed by atoms with Gasteiger partial charge >= 0.3 is 12.0 Å². The molecular formula is C18H26N4O6S. The lowest BCUT2D eigenvalue weighted by Gasteiger charge is -2.16. The number of unbranched alkanes of at least 4 members (excludes halogenated alkanes) is 1. The van der Waals surface area contributed by atoms with Crippen molar-refractivity contribution in [2.45, 2.75) is 68.7 Å². The van der Waals surface area contributed by atoms with Gasteiger partial charge < -0.3 is 20.8 Å².